The minimum absolute atomic E-state index is 0.108. The Morgan fingerprint density at radius 2 is 2.22 bits per heavy atom. The third-order valence-electron chi connectivity index (χ3n) is 4.49. The van der Waals surface area contributed by atoms with Crippen molar-refractivity contribution >= 4 is 11.6 Å². The highest BCUT2D eigenvalue weighted by molar-refractivity contribution is 5.80. The zero-order chi connectivity index (χ0) is 19.2. The maximum atomic E-state index is 14.0. The van der Waals surface area contributed by atoms with Crippen LogP contribution >= 0.6 is 0 Å². The van der Waals surface area contributed by atoms with E-state index in [9.17, 15) is 8.78 Å². The topological polar surface area (TPSA) is 61.8 Å². The van der Waals surface area contributed by atoms with Crippen molar-refractivity contribution in [2.24, 2.45) is 4.99 Å². The van der Waals surface area contributed by atoms with Crippen LogP contribution in [-0.2, 0) is 6.54 Å². The van der Waals surface area contributed by atoms with E-state index in [0.717, 1.165) is 18.1 Å². The van der Waals surface area contributed by atoms with E-state index in [2.05, 4.69) is 20.6 Å². The number of anilines is 1. The Morgan fingerprint density at radius 3 is 2.96 bits per heavy atom. The highest BCUT2D eigenvalue weighted by atomic mass is 19.1. The summed E-state index contributed by atoms with van der Waals surface area (Å²) < 4.78 is 32.3. The number of methoxy groups -OCH3 is 1. The van der Waals surface area contributed by atoms with Crippen molar-refractivity contribution in [1.29, 1.82) is 0 Å². The van der Waals surface area contributed by atoms with Gasteiger partial charge in [-0.25, -0.2) is 13.8 Å². The van der Waals surface area contributed by atoms with Crippen LogP contribution in [0.15, 0.2) is 41.5 Å². The largest absolute Gasteiger partial charge is 0.481 e. The number of aromatic nitrogens is 1. The number of nitrogens with zero attached hydrogens (tertiary/aromatic N) is 3. The van der Waals surface area contributed by atoms with Gasteiger partial charge >= 0.3 is 0 Å². The van der Waals surface area contributed by atoms with Gasteiger partial charge in [-0.05, 0) is 24.6 Å². The van der Waals surface area contributed by atoms with E-state index in [1.54, 1.807) is 20.4 Å². The van der Waals surface area contributed by atoms with E-state index in [0.29, 0.717) is 37.2 Å². The molecule has 27 heavy (non-hydrogen) atoms. The fourth-order valence-electron chi connectivity index (χ4n) is 3.14. The van der Waals surface area contributed by atoms with Gasteiger partial charge in [0, 0.05) is 50.6 Å². The molecule has 144 valence electrons. The number of halogens is 2. The fraction of sp³-hybridized carbons (Fsp3) is 0.368. The van der Waals surface area contributed by atoms with Gasteiger partial charge in [-0.1, -0.05) is 6.07 Å². The van der Waals surface area contributed by atoms with Gasteiger partial charge in [0.15, 0.2) is 5.96 Å². The van der Waals surface area contributed by atoms with Crippen molar-refractivity contribution in [3.63, 3.8) is 0 Å². The normalized spacial score (nSPS) is 17.1. The highest BCUT2D eigenvalue weighted by Crippen LogP contribution is 2.24. The lowest BCUT2D eigenvalue weighted by Gasteiger charge is -2.21. The van der Waals surface area contributed by atoms with Crippen LogP contribution in [0.3, 0.4) is 0 Å². The first-order valence-corrected chi connectivity index (χ1v) is 8.75. The molecule has 1 aliphatic heterocycles. The monoisotopic (exact) mass is 375 g/mol. The second-order valence-electron chi connectivity index (χ2n) is 6.27. The second kappa shape index (κ2) is 8.66. The summed E-state index contributed by atoms with van der Waals surface area (Å²) in [5.41, 5.74) is 1.34. The number of rotatable bonds is 5. The quantitative estimate of drug-likeness (QED) is 0.620. The summed E-state index contributed by atoms with van der Waals surface area (Å²) in [5.74, 6) is 0.106. The maximum Gasteiger partial charge on any atom is 0.218 e. The summed E-state index contributed by atoms with van der Waals surface area (Å²) in [6.07, 6.45) is 2.50. The summed E-state index contributed by atoms with van der Waals surface area (Å²) in [6.45, 7) is 1.81. The standard InChI is InChI=1S/C19H23F2N5O/c1-22-19(24-11-13-4-3-8-23-18(13)27-2)25-15-7-9-26(12-15)17-6-5-14(20)10-16(17)21/h3-6,8,10,15H,7,9,11-12H2,1-2H3,(H2,22,24,25). The SMILES string of the molecule is CN=C(NCc1cccnc1OC)NC1CCN(c2ccc(F)cc2F)C1. The Kier molecular flexibility index (Phi) is 6.05. The molecular weight excluding hydrogens is 352 g/mol. The molecule has 0 radical (unpaired) electrons. The Hall–Kier alpha value is -2.90. The molecule has 0 aliphatic carbocycles. The lowest BCUT2D eigenvalue weighted by Crippen LogP contribution is -2.44. The van der Waals surface area contributed by atoms with Crippen molar-refractivity contribution in [3.05, 3.63) is 53.7 Å². The average Bonchev–Trinajstić information content (AvgIpc) is 3.13. The van der Waals surface area contributed by atoms with Gasteiger partial charge in [0.05, 0.1) is 12.8 Å². The van der Waals surface area contributed by atoms with Crippen LogP contribution in [0.5, 0.6) is 5.88 Å². The molecule has 8 heteroatoms. The number of pyridine rings is 1. The number of benzene rings is 1. The average molecular weight is 375 g/mol. The van der Waals surface area contributed by atoms with Crippen LogP contribution in [-0.4, -0.2) is 44.2 Å². The predicted molar refractivity (Wildman–Crippen MR) is 101 cm³/mol. The van der Waals surface area contributed by atoms with E-state index in [-0.39, 0.29) is 6.04 Å². The van der Waals surface area contributed by atoms with E-state index < -0.39 is 11.6 Å². The Bertz CT molecular complexity index is 814. The first-order valence-electron chi connectivity index (χ1n) is 8.75. The second-order valence-corrected chi connectivity index (χ2v) is 6.27. The molecule has 1 fully saturated rings. The molecule has 3 rings (SSSR count). The van der Waals surface area contributed by atoms with Crippen LogP contribution in [0.25, 0.3) is 0 Å². The summed E-state index contributed by atoms with van der Waals surface area (Å²) in [7, 11) is 3.28. The molecule has 1 aromatic carbocycles. The number of nitrogens with one attached hydrogen (secondary N) is 2. The van der Waals surface area contributed by atoms with Crippen LogP contribution in [0.2, 0.25) is 0 Å². The number of ether oxygens (including phenoxy) is 1. The Morgan fingerprint density at radius 1 is 1.37 bits per heavy atom. The van der Waals surface area contributed by atoms with Crippen LogP contribution in [0.1, 0.15) is 12.0 Å². The Balaban J connectivity index is 1.56. The van der Waals surface area contributed by atoms with E-state index in [1.165, 1.54) is 12.1 Å². The van der Waals surface area contributed by atoms with E-state index >= 15 is 0 Å². The Labute approximate surface area is 157 Å². The fourth-order valence-corrected chi connectivity index (χ4v) is 3.14. The molecule has 0 bridgehead atoms. The van der Waals surface area contributed by atoms with E-state index in [4.69, 9.17) is 4.74 Å². The molecule has 6 nitrogen and oxygen atoms in total. The number of hydrogen-bond donors (Lipinski definition) is 2. The van der Waals surface area contributed by atoms with Crippen molar-refractivity contribution in [3.8, 4) is 5.88 Å². The van der Waals surface area contributed by atoms with Crippen molar-refractivity contribution in [2.75, 3.05) is 32.1 Å². The van der Waals surface area contributed by atoms with Crippen LogP contribution in [0, 0.1) is 11.6 Å². The van der Waals surface area contributed by atoms with Gasteiger partial charge in [0.2, 0.25) is 5.88 Å². The highest BCUT2D eigenvalue weighted by Gasteiger charge is 2.25. The van der Waals surface area contributed by atoms with Gasteiger partial charge < -0.3 is 20.3 Å². The minimum atomic E-state index is -0.569. The molecule has 1 aromatic heterocycles. The zero-order valence-electron chi connectivity index (χ0n) is 15.4. The lowest BCUT2D eigenvalue weighted by atomic mass is 10.2. The van der Waals surface area contributed by atoms with Crippen molar-refractivity contribution < 1.29 is 13.5 Å². The number of aliphatic imine (C=N–C) groups is 1. The molecule has 0 spiro atoms. The van der Waals surface area contributed by atoms with Crippen LogP contribution in [0.4, 0.5) is 14.5 Å². The lowest BCUT2D eigenvalue weighted by molar-refractivity contribution is 0.392. The number of guanidine groups is 1. The van der Waals surface area contributed by atoms with Gasteiger partial charge in [0.25, 0.3) is 0 Å². The van der Waals surface area contributed by atoms with E-state index in [1.807, 2.05) is 17.0 Å². The molecule has 0 amide bonds. The smallest absolute Gasteiger partial charge is 0.218 e. The van der Waals surface area contributed by atoms with Gasteiger partial charge in [0.1, 0.15) is 11.6 Å². The molecule has 1 saturated heterocycles. The van der Waals surface area contributed by atoms with Crippen molar-refractivity contribution in [2.45, 2.75) is 19.0 Å². The first kappa shape index (κ1) is 18.9. The summed E-state index contributed by atoms with van der Waals surface area (Å²) in [4.78, 5) is 10.3. The molecule has 2 heterocycles. The summed E-state index contributed by atoms with van der Waals surface area (Å²) in [5, 5.41) is 6.58. The third kappa shape index (κ3) is 4.64. The third-order valence-corrected chi connectivity index (χ3v) is 4.49. The zero-order valence-corrected chi connectivity index (χ0v) is 15.4. The molecule has 0 saturated carbocycles. The minimum Gasteiger partial charge on any atom is -0.481 e. The number of hydrogen-bond acceptors (Lipinski definition) is 4. The molecule has 2 aromatic rings. The van der Waals surface area contributed by atoms with Crippen LogP contribution < -0.4 is 20.3 Å². The molecule has 1 atom stereocenters. The van der Waals surface area contributed by atoms with Gasteiger partial charge in [-0.3, -0.25) is 4.99 Å². The molecule has 1 unspecified atom stereocenters. The molecule has 2 N–H and O–H groups in total. The maximum absolute atomic E-state index is 14.0. The summed E-state index contributed by atoms with van der Waals surface area (Å²) in [6, 6.07) is 7.56. The van der Waals surface area contributed by atoms with Crippen molar-refractivity contribution in [1.82, 2.24) is 15.6 Å². The van der Waals surface area contributed by atoms with Gasteiger partial charge in [-0.2, -0.15) is 0 Å². The molecular formula is C19H23F2N5O. The van der Waals surface area contributed by atoms with Gasteiger partial charge in [-0.15, -0.1) is 0 Å². The summed E-state index contributed by atoms with van der Waals surface area (Å²) >= 11 is 0. The predicted octanol–water partition coefficient (Wildman–Crippen LogP) is 2.31. The molecule has 1 aliphatic rings. The first-order chi connectivity index (χ1) is 13.1.